The molecule has 1 saturated heterocycles. The molecule has 0 aromatic heterocycles. The lowest BCUT2D eigenvalue weighted by Crippen LogP contribution is -2.28. The maximum atomic E-state index is 13.2. The highest BCUT2D eigenvalue weighted by atomic mass is 32.2. The Morgan fingerprint density at radius 3 is 2.63 bits per heavy atom. The van der Waals surface area contributed by atoms with Gasteiger partial charge in [-0.3, -0.25) is 9.69 Å². The number of amidine groups is 1. The van der Waals surface area contributed by atoms with Crippen LogP contribution in [-0.2, 0) is 17.8 Å². The second kappa shape index (κ2) is 11.6. The molecule has 5 rings (SSSR count). The summed E-state index contributed by atoms with van der Waals surface area (Å²) < 4.78 is 22.8. The quantitative estimate of drug-likeness (QED) is 0.291. The Balaban J connectivity index is 1.36. The molecule has 2 heterocycles. The Labute approximate surface area is 227 Å². The third kappa shape index (κ3) is 5.50. The fourth-order valence-electron chi connectivity index (χ4n) is 4.24. The number of para-hydroxylation sites is 1. The van der Waals surface area contributed by atoms with E-state index in [1.54, 1.807) is 4.90 Å². The summed E-state index contributed by atoms with van der Waals surface area (Å²) in [6, 6.07) is 19.5. The first-order chi connectivity index (χ1) is 18.6. The molecular weight excluding hydrogens is 500 g/mol. The Bertz CT molecular complexity index is 1400. The van der Waals surface area contributed by atoms with Crippen molar-refractivity contribution in [2.45, 2.75) is 33.8 Å². The van der Waals surface area contributed by atoms with Gasteiger partial charge >= 0.3 is 0 Å². The summed E-state index contributed by atoms with van der Waals surface area (Å²) in [6.45, 7) is 7.63. The summed E-state index contributed by atoms with van der Waals surface area (Å²) in [5, 5.41) is 0.693. The van der Waals surface area contributed by atoms with Crippen LogP contribution in [-0.4, -0.2) is 35.9 Å². The Hall–Kier alpha value is -3.91. The molecule has 3 aromatic carbocycles. The molecular formula is C30H30N2O5S. The van der Waals surface area contributed by atoms with Gasteiger partial charge in [-0.25, -0.2) is 4.99 Å². The van der Waals surface area contributed by atoms with Crippen molar-refractivity contribution in [3.63, 3.8) is 0 Å². The second-order valence-corrected chi connectivity index (χ2v) is 9.66. The van der Waals surface area contributed by atoms with Gasteiger partial charge in [0, 0.05) is 6.54 Å². The number of ether oxygens (including phenoxy) is 4. The van der Waals surface area contributed by atoms with E-state index in [2.05, 4.69) is 13.0 Å². The van der Waals surface area contributed by atoms with Crippen LogP contribution in [0.25, 0.3) is 6.08 Å². The normalized spacial score (nSPS) is 16.5. The van der Waals surface area contributed by atoms with E-state index in [1.807, 2.05) is 74.5 Å². The van der Waals surface area contributed by atoms with Crippen molar-refractivity contribution < 1.29 is 23.7 Å². The zero-order valence-electron chi connectivity index (χ0n) is 21.7. The average Bonchev–Trinajstić information content (AvgIpc) is 3.52. The highest BCUT2D eigenvalue weighted by Crippen LogP contribution is 2.37. The highest BCUT2D eigenvalue weighted by Gasteiger charge is 2.32. The monoisotopic (exact) mass is 530 g/mol. The minimum Gasteiger partial charge on any atom is -0.490 e. The standard InChI is InChI=1S/C30H30N2O5S/c1-4-22-9-7-8-10-23(22)31-30-32(5-2)29(33)28(38-30)17-20-11-13-24(26(15-20)34-6-3)35-18-21-12-14-25-27(16-21)37-19-36-25/h7-17H,4-6,18-19H2,1-3H3/b28-17+,31-30?. The molecule has 1 amide bonds. The van der Waals surface area contributed by atoms with Crippen molar-refractivity contribution in [2.75, 3.05) is 19.9 Å². The summed E-state index contributed by atoms with van der Waals surface area (Å²) >= 11 is 1.39. The molecule has 2 aliphatic heterocycles. The molecule has 196 valence electrons. The minimum atomic E-state index is -0.0497. The molecule has 2 aliphatic rings. The van der Waals surface area contributed by atoms with Gasteiger partial charge in [0.15, 0.2) is 28.2 Å². The number of carbonyl (C=O) groups is 1. The number of rotatable bonds is 9. The van der Waals surface area contributed by atoms with Crippen molar-refractivity contribution in [1.29, 1.82) is 0 Å². The van der Waals surface area contributed by atoms with E-state index >= 15 is 0 Å². The summed E-state index contributed by atoms with van der Waals surface area (Å²) in [6.07, 6.45) is 2.76. The van der Waals surface area contributed by atoms with Crippen LogP contribution in [0.4, 0.5) is 5.69 Å². The number of amides is 1. The van der Waals surface area contributed by atoms with E-state index in [1.165, 1.54) is 11.8 Å². The maximum Gasteiger partial charge on any atom is 0.266 e. The van der Waals surface area contributed by atoms with Gasteiger partial charge in [0.25, 0.3) is 5.91 Å². The van der Waals surface area contributed by atoms with E-state index in [-0.39, 0.29) is 12.7 Å². The summed E-state index contributed by atoms with van der Waals surface area (Å²) in [5.41, 5.74) is 3.87. The number of benzene rings is 3. The third-order valence-corrected chi connectivity index (χ3v) is 7.20. The molecule has 7 nitrogen and oxygen atoms in total. The topological polar surface area (TPSA) is 69.6 Å². The SMILES string of the molecule is CCOc1cc(/C=C2/SC(=Nc3ccccc3CC)N(CC)C2=O)ccc1OCc1ccc2c(c1)OCO2. The number of thioether (sulfide) groups is 1. The van der Waals surface area contributed by atoms with E-state index in [9.17, 15) is 4.79 Å². The molecule has 0 saturated carbocycles. The second-order valence-electron chi connectivity index (χ2n) is 8.65. The number of hydrogen-bond donors (Lipinski definition) is 0. The van der Waals surface area contributed by atoms with Gasteiger partial charge in [-0.05, 0) is 85.1 Å². The molecule has 0 radical (unpaired) electrons. The first kappa shape index (κ1) is 25.7. The van der Waals surface area contributed by atoms with E-state index in [0.29, 0.717) is 41.3 Å². The predicted molar refractivity (Wildman–Crippen MR) is 150 cm³/mol. The number of hydrogen-bond acceptors (Lipinski definition) is 7. The van der Waals surface area contributed by atoms with Gasteiger partial charge in [-0.2, -0.15) is 0 Å². The van der Waals surface area contributed by atoms with Crippen molar-refractivity contribution in [3.8, 4) is 23.0 Å². The smallest absolute Gasteiger partial charge is 0.266 e. The minimum absolute atomic E-state index is 0.0497. The van der Waals surface area contributed by atoms with Gasteiger partial charge in [-0.15, -0.1) is 0 Å². The molecule has 0 atom stereocenters. The lowest BCUT2D eigenvalue weighted by molar-refractivity contribution is -0.122. The molecule has 0 spiro atoms. The lowest BCUT2D eigenvalue weighted by Gasteiger charge is -2.13. The van der Waals surface area contributed by atoms with Crippen LogP contribution < -0.4 is 18.9 Å². The third-order valence-electron chi connectivity index (χ3n) is 6.19. The van der Waals surface area contributed by atoms with Gasteiger partial charge in [0.05, 0.1) is 17.2 Å². The van der Waals surface area contributed by atoms with Gasteiger partial charge < -0.3 is 18.9 Å². The predicted octanol–water partition coefficient (Wildman–Crippen LogP) is 6.58. The molecule has 0 unspecified atom stereocenters. The van der Waals surface area contributed by atoms with Crippen LogP contribution in [0.2, 0.25) is 0 Å². The zero-order valence-corrected chi connectivity index (χ0v) is 22.5. The first-order valence-electron chi connectivity index (χ1n) is 12.8. The van der Waals surface area contributed by atoms with E-state index in [4.69, 9.17) is 23.9 Å². The van der Waals surface area contributed by atoms with Crippen LogP contribution in [0.1, 0.15) is 37.5 Å². The zero-order chi connectivity index (χ0) is 26.5. The molecule has 3 aromatic rings. The lowest BCUT2D eigenvalue weighted by atomic mass is 10.1. The number of carbonyl (C=O) groups excluding carboxylic acids is 1. The summed E-state index contributed by atoms with van der Waals surface area (Å²) in [4.78, 5) is 20.4. The molecule has 8 heteroatoms. The number of nitrogens with zero attached hydrogens (tertiary/aromatic N) is 2. The van der Waals surface area contributed by atoms with Crippen molar-refractivity contribution in [1.82, 2.24) is 4.90 Å². The average molecular weight is 531 g/mol. The van der Waals surface area contributed by atoms with Crippen molar-refractivity contribution in [2.24, 2.45) is 4.99 Å². The van der Waals surface area contributed by atoms with Crippen LogP contribution in [0.3, 0.4) is 0 Å². The summed E-state index contributed by atoms with van der Waals surface area (Å²) in [5.74, 6) is 2.66. The van der Waals surface area contributed by atoms with Crippen LogP contribution >= 0.6 is 11.8 Å². The number of aryl methyl sites for hydroxylation is 1. The molecule has 0 bridgehead atoms. The Morgan fingerprint density at radius 2 is 1.82 bits per heavy atom. The highest BCUT2D eigenvalue weighted by molar-refractivity contribution is 8.18. The van der Waals surface area contributed by atoms with E-state index < -0.39 is 0 Å². The Kier molecular flexibility index (Phi) is 7.89. The van der Waals surface area contributed by atoms with E-state index in [0.717, 1.165) is 40.3 Å². The number of fused-ring (bicyclic) bond motifs is 1. The van der Waals surface area contributed by atoms with Gasteiger partial charge in [-0.1, -0.05) is 37.3 Å². The summed E-state index contributed by atoms with van der Waals surface area (Å²) in [7, 11) is 0. The molecule has 0 N–H and O–H groups in total. The number of aliphatic imine (C=N–C) groups is 1. The fraction of sp³-hybridized carbons (Fsp3) is 0.267. The van der Waals surface area contributed by atoms with Crippen LogP contribution in [0, 0.1) is 0 Å². The molecule has 38 heavy (non-hydrogen) atoms. The number of likely N-dealkylation sites (N-methyl/N-ethyl adjacent to an activating group) is 1. The van der Waals surface area contributed by atoms with Crippen molar-refractivity contribution in [3.05, 3.63) is 82.3 Å². The first-order valence-corrected chi connectivity index (χ1v) is 13.6. The van der Waals surface area contributed by atoms with Crippen LogP contribution in [0.15, 0.2) is 70.6 Å². The fourth-order valence-corrected chi connectivity index (χ4v) is 5.29. The van der Waals surface area contributed by atoms with Crippen LogP contribution in [0.5, 0.6) is 23.0 Å². The van der Waals surface area contributed by atoms with Gasteiger partial charge in [0.1, 0.15) is 6.61 Å². The Morgan fingerprint density at radius 1 is 0.974 bits per heavy atom. The maximum absolute atomic E-state index is 13.2. The molecule has 1 fully saturated rings. The van der Waals surface area contributed by atoms with Gasteiger partial charge in [0.2, 0.25) is 6.79 Å². The van der Waals surface area contributed by atoms with Crippen molar-refractivity contribution >= 4 is 34.6 Å². The largest absolute Gasteiger partial charge is 0.490 e. The molecule has 0 aliphatic carbocycles.